The van der Waals surface area contributed by atoms with E-state index in [9.17, 15) is 18.3 Å². The van der Waals surface area contributed by atoms with E-state index in [1.807, 2.05) is 6.92 Å². The Morgan fingerprint density at radius 1 is 1.07 bits per heavy atom. The van der Waals surface area contributed by atoms with Crippen LogP contribution in [0.15, 0.2) is 23.1 Å². The number of hydrogen-bond donors (Lipinski definition) is 1. The molecule has 0 aliphatic rings. The van der Waals surface area contributed by atoms with Gasteiger partial charge in [-0.3, -0.25) is 4.79 Å². The first-order chi connectivity index (χ1) is 12.9. The number of rotatable bonds is 14. The van der Waals surface area contributed by atoms with E-state index < -0.39 is 15.8 Å². The van der Waals surface area contributed by atoms with Crippen LogP contribution in [0.25, 0.3) is 0 Å². The van der Waals surface area contributed by atoms with E-state index in [0.717, 1.165) is 24.8 Å². The molecule has 0 radical (unpaired) electrons. The molecule has 1 atom stereocenters. The molecule has 0 aromatic heterocycles. The van der Waals surface area contributed by atoms with Crippen molar-refractivity contribution < 1.29 is 23.1 Å². The second kappa shape index (κ2) is 12.0. The Morgan fingerprint density at radius 3 is 2.33 bits per heavy atom. The largest absolute Gasteiger partial charge is 0.496 e. The van der Waals surface area contributed by atoms with Crippen molar-refractivity contribution in [1.29, 1.82) is 0 Å². The monoisotopic (exact) mass is 398 g/mol. The van der Waals surface area contributed by atoms with E-state index in [1.54, 1.807) is 12.1 Å². The van der Waals surface area contributed by atoms with Gasteiger partial charge in [0.1, 0.15) is 5.75 Å². The van der Waals surface area contributed by atoms with Crippen molar-refractivity contribution in [2.75, 3.05) is 12.9 Å². The first kappa shape index (κ1) is 23.5. The lowest BCUT2D eigenvalue weighted by atomic mass is 9.89. The second-order valence-corrected chi connectivity index (χ2v) is 9.18. The highest BCUT2D eigenvalue weighted by Gasteiger charge is 2.22. The zero-order valence-corrected chi connectivity index (χ0v) is 17.7. The maximum Gasteiger partial charge on any atom is 0.303 e. The maximum absolute atomic E-state index is 12.3. The minimum atomic E-state index is -3.33. The van der Waals surface area contributed by atoms with Gasteiger partial charge in [0.2, 0.25) is 0 Å². The molecule has 0 bridgehead atoms. The van der Waals surface area contributed by atoms with E-state index in [0.29, 0.717) is 12.2 Å². The number of carbonyl (C=O) groups is 1. The van der Waals surface area contributed by atoms with Crippen LogP contribution in [0.5, 0.6) is 5.75 Å². The fourth-order valence-electron chi connectivity index (χ4n) is 3.36. The van der Waals surface area contributed by atoms with Crippen molar-refractivity contribution in [3.05, 3.63) is 23.8 Å². The van der Waals surface area contributed by atoms with Crippen molar-refractivity contribution in [3.8, 4) is 5.75 Å². The van der Waals surface area contributed by atoms with E-state index in [1.165, 1.54) is 38.9 Å². The van der Waals surface area contributed by atoms with Gasteiger partial charge in [-0.1, -0.05) is 58.4 Å². The summed E-state index contributed by atoms with van der Waals surface area (Å²) < 4.78 is 30.0. The number of carboxylic acids is 1. The minimum absolute atomic E-state index is 0.0202. The zero-order valence-electron chi connectivity index (χ0n) is 16.9. The van der Waals surface area contributed by atoms with Crippen LogP contribution in [-0.4, -0.2) is 32.4 Å². The Labute approximate surface area is 164 Å². The summed E-state index contributed by atoms with van der Waals surface area (Å²) in [5, 5.41) is 9.30. The number of carboxylic acid groups (broad SMARTS) is 1. The van der Waals surface area contributed by atoms with Crippen LogP contribution in [0.2, 0.25) is 0 Å². The summed E-state index contributed by atoms with van der Waals surface area (Å²) in [7, 11) is -1.84. The fourth-order valence-corrected chi connectivity index (χ4v) is 4.69. The molecule has 154 valence electrons. The molecule has 0 saturated heterocycles. The second-order valence-electron chi connectivity index (χ2n) is 7.07. The van der Waals surface area contributed by atoms with Gasteiger partial charge in [-0.25, -0.2) is 8.42 Å². The molecule has 0 aliphatic heterocycles. The first-order valence-electron chi connectivity index (χ1n) is 9.98. The highest BCUT2D eigenvalue weighted by Crippen LogP contribution is 2.35. The smallest absolute Gasteiger partial charge is 0.303 e. The molecule has 1 unspecified atom stereocenters. The van der Waals surface area contributed by atoms with Gasteiger partial charge in [0, 0.05) is 0 Å². The van der Waals surface area contributed by atoms with Crippen molar-refractivity contribution in [3.63, 3.8) is 0 Å². The molecule has 5 nitrogen and oxygen atoms in total. The van der Waals surface area contributed by atoms with Gasteiger partial charge in [0.05, 0.1) is 24.2 Å². The predicted octanol–water partition coefficient (Wildman–Crippen LogP) is 5.19. The summed E-state index contributed by atoms with van der Waals surface area (Å²) in [6, 6.07) is 4.85. The molecule has 1 aromatic rings. The summed E-state index contributed by atoms with van der Waals surface area (Å²) >= 11 is 0. The average Bonchev–Trinajstić information content (AvgIpc) is 2.62. The number of methoxy groups -OCH3 is 1. The Hall–Kier alpha value is -1.56. The molecule has 0 amide bonds. The van der Waals surface area contributed by atoms with Crippen LogP contribution >= 0.6 is 0 Å². The molecule has 0 fully saturated rings. The normalized spacial score (nSPS) is 12.7. The predicted molar refractivity (Wildman–Crippen MR) is 108 cm³/mol. The number of benzene rings is 1. The Kier molecular flexibility index (Phi) is 10.4. The SMILES string of the molecule is CCCCCCCCC(CC(=O)O)c1ccc(S(=O)(=O)CCC)cc1OC. The number of sulfone groups is 1. The number of ether oxygens (including phenoxy) is 1. The summed E-state index contributed by atoms with van der Waals surface area (Å²) in [5.74, 6) is -0.474. The number of unbranched alkanes of at least 4 members (excludes halogenated alkanes) is 5. The third kappa shape index (κ3) is 7.91. The van der Waals surface area contributed by atoms with Crippen LogP contribution in [-0.2, 0) is 14.6 Å². The van der Waals surface area contributed by atoms with Gasteiger partial charge in [-0.05, 0) is 36.5 Å². The zero-order chi connectivity index (χ0) is 20.3. The van der Waals surface area contributed by atoms with Gasteiger partial charge < -0.3 is 9.84 Å². The minimum Gasteiger partial charge on any atom is -0.496 e. The lowest BCUT2D eigenvalue weighted by Gasteiger charge is -2.19. The van der Waals surface area contributed by atoms with Crippen molar-refractivity contribution >= 4 is 15.8 Å². The van der Waals surface area contributed by atoms with Crippen LogP contribution in [0.1, 0.15) is 83.1 Å². The van der Waals surface area contributed by atoms with Crippen molar-refractivity contribution in [2.45, 2.75) is 82.4 Å². The quantitative estimate of drug-likeness (QED) is 0.436. The third-order valence-electron chi connectivity index (χ3n) is 4.80. The van der Waals surface area contributed by atoms with E-state index >= 15 is 0 Å². The fraction of sp³-hybridized carbons (Fsp3) is 0.667. The Bertz CT molecular complexity index is 682. The molecule has 1 N–H and O–H groups in total. The highest BCUT2D eigenvalue weighted by molar-refractivity contribution is 7.91. The first-order valence-corrected chi connectivity index (χ1v) is 11.6. The van der Waals surface area contributed by atoms with Crippen molar-refractivity contribution in [1.82, 2.24) is 0 Å². The van der Waals surface area contributed by atoms with E-state index in [4.69, 9.17) is 4.74 Å². The molecule has 1 aromatic carbocycles. The lowest BCUT2D eigenvalue weighted by molar-refractivity contribution is -0.137. The molecule has 0 aliphatic carbocycles. The molecular formula is C21H34O5S. The molecule has 1 rings (SSSR count). The van der Waals surface area contributed by atoms with E-state index in [-0.39, 0.29) is 23.0 Å². The van der Waals surface area contributed by atoms with E-state index in [2.05, 4.69) is 6.92 Å². The molecule has 6 heteroatoms. The van der Waals surface area contributed by atoms with Gasteiger partial charge in [0.15, 0.2) is 9.84 Å². The van der Waals surface area contributed by atoms with Crippen molar-refractivity contribution in [2.24, 2.45) is 0 Å². The topological polar surface area (TPSA) is 80.7 Å². The lowest BCUT2D eigenvalue weighted by Crippen LogP contribution is -2.10. The van der Waals surface area contributed by atoms with Gasteiger partial charge >= 0.3 is 5.97 Å². The standard InChI is InChI=1S/C21H34O5S/c1-4-6-7-8-9-10-11-17(15-21(22)23)19-13-12-18(16-20(19)26-3)27(24,25)14-5-2/h12-13,16-17H,4-11,14-15H2,1-3H3,(H,22,23). The van der Waals surface area contributed by atoms with Crippen LogP contribution < -0.4 is 4.74 Å². The molecular weight excluding hydrogens is 364 g/mol. The molecule has 0 saturated carbocycles. The third-order valence-corrected chi connectivity index (χ3v) is 6.72. The summed E-state index contributed by atoms with van der Waals surface area (Å²) in [4.78, 5) is 11.6. The van der Waals surface area contributed by atoms with Crippen LogP contribution in [0.4, 0.5) is 0 Å². The summed E-state index contributed by atoms with van der Waals surface area (Å²) in [5.41, 5.74) is 0.781. The number of aliphatic carboxylic acids is 1. The average molecular weight is 399 g/mol. The Morgan fingerprint density at radius 2 is 1.74 bits per heavy atom. The van der Waals surface area contributed by atoms with Crippen LogP contribution in [0, 0.1) is 0 Å². The highest BCUT2D eigenvalue weighted by atomic mass is 32.2. The maximum atomic E-state index is 12.3. The summed E-state index contributed by atoms with van der Waals surface area (Å²) in [6.07, 6.45) is 8.19. The van der Waals surface area contributed by atoms with Gasteiger partial charge in [-0.2, -0.15) is 0 Å². The summed E-state index contributed by atoms with van der Waals surface area (Å²) in [6.45, 7) is 4.01. The van der Waals surface area contributed by atoms with Gasteiger partial charge in [0.25, 0.3) is 0 Å². The molecule has 27 heavy (non-hydrogen) atoms. The molecule has 0 heterocycles. The molecule has 0 spiro atoms. The number of hydrogen-bond acceptors (Lipinski definition) is 4. The van der Waals surface area contributed by atoms with Gasteiger partial charge in [-0.15, -0.1) is 0 Å². The van der Waals surface area contributed by atoms with Crippen LogP contribution in [0.3, 0.4) is 0 Å². The Balaban J connectivity index is 2.95.